The van der Waals surface area contributed by atoms with Crippen LogP contribution in [0.2, 0.25) is 0 Å². The molecule has 0 aliphatic carbocycles. The van der Waals surface area contributed by atoms with Crippen LogP contribution in [-0.4, -0.2) is 87.4 Å². The Morgan fingerprint density at radius 2 is 0.684 bits per heavy atom. The largest absolute Gasteiger partial charge is 0.477 e. The van der Waals surface area contributed by atoms with Gasteiger partial charge in [0.15, 0.2) is 6.10 Å². The number of aliphatic carboxylic acids is 1. The molecule has 0 aromatic heterocycles. The molecule has 79 heavy (non-hydrogen) atoms. The van der Waals surface area contributed by atoms with Gasteiger partial charge in [-0.15, -0.1) is 0 Å². The fraction of sp³-hybridized carbons (Fsp3) is 0.843. The van der Waals surface area contributed by atoms with Crippen LogP contribution >= 0.6 is 0 Å². The summed E-state index contributed by atoms with van der Waals surface area (Å²) >= 11 is 0. The van der Waals surface area contributed by atoms with Gasteiger partial charge in [-0.25, -0.2) is 4.79 Å². The van der Waals surface area contributed by atoms with Crippen LogP contribution in [0, 0.1) is 0 Å². The Bertz CT molecular complexity index is 1430. The molecule has 2 atom stereocenters. The van der Waals surface area contributed by atoms with Crippen molar-refractivity contribution < 1.29 is 42.9 Å². The number of likely N-dealkylation sites (N-methyl/N-ethyl adjacent to an activating group) is 1. The standard InChI is InChI=1S/C70H129NO8/c1-6-8-10-12-14-16-18-20-22-24-26-27-28-29-30-31-32-33-34-35-36-37-38-39-40-41-43-44-46-48-50-52-54-56-58-60-67(72)77-64-66(65-78-70(69(74)75)76-63-62-71(3,4)5)79-68(73)61-59-57-55-53-51-49-47-45-42-25-23-21-19-17-15-13-11-9-7-2/h15,17,21,23-24,26,42,45,66,70H,6-14,16,18-20,22,25,27-41,43-44,46-65H2,1-5H3/p+1/b17-15-,23-21-,26-24-,45-42-. The van der Waals surface area contributed by atoms with Crippen LogP contribution < -0.4 is 0 Å². The average Bonchev–Trinajstić information content (AvgIpc) is 3.42. The van der Waals surface area contributed by atoms with Gasteiger partial charge in [0.25, 0.3) is 6.29 Å². The van der Waals surface area contributed by atoms with Gasteiger partial charge >= 0.3 is 17.9 Å². The van der Waals surface area contributed by atoms with E-state index in [1.54, 1.807) is 0 Å². The van der Waals surface area contributed by atoms with Crippen LogP contribution in [-0.2, 0) is 33.3 Å². The van der Waals surface area contributed by atoms with Crippen LogP contribution in [0.5, 0.6) is 0 Å². The molecule has 0 radical (unpaired) electrons. The number of carbonyl (C=O) groups excluding carboxylic acids is 2. The number of carboxylic acid groups (broad SMARTS) is 1. The highest BCUT2D eigenvalue weighted by Gasteiger charge is 2.25. The Balaban J connectivity index is 4.03. The topological polar surface area (TPSA) is 108 Å². The quantitative estimate of drug-likeness (QED) is 0.0211. The molecule has 0 saturated heterocycles. The van der Waals surface area contributed by atoms with Crippen molar-refractivity contribution in [2.75, 3.05) is 47.5 Å². The highest BCUT2D eigenvalue weighted by Crippen LogP contribution is 2.18. The van der Waals surface area contributed by atoms with Crippen LogP contribution in [0.1, 0.15) is 322 Å². The van der Waals surface area contributed by atoms with Crippen molar-refractivity contribution >= 4 is 17.9 Å². The third-order valence-electron chi connectivity index (χ3n) is 15.1. The van der Waals surface area contributed by atoms with Crippen molar-refractivity contribution in [3.05, 3.63) is 48.6 Å². The molecule has 0 fully saturated rings. The van der Waals surface area contributed by atoms with Crippen molar-refractivity contribution in [1.29, 1.82) is 0 Å². The average molecular weight is 1110 g/mol. The molecule has 0 heterocycles. The molecule has 2 unspecified atom stereocenters. The van der Waals surface area contributed by atoms with Crippen LogP contribution in [0.4, 0.5) is 0 Å². The minimum absolute atomic E-state index is 0.185. The summed E-state index contributed by atoms with van der Waals surface area (Å²) in [5.74, 6) is -2.01. The molecular weight excluding hydrogens is 983 g/mol. The first-order valence-electron chi connectivity index (χ1n) is 33.8. The summed E-state index contributed by atoms with van der Waals surface area (Å²) in [6.45, 7) is 4.87. The van der Waals surface area contributed by atoms with Gasteiger partial charge in [-0.05, 0) is 77.0 Å². The summed E-state index contributed by atoms with van der Waals surface area (Å²) in [7, 11) is 5.97. The first kappa shape index (κ1) is 76.2. The lowest BCUT2D eigenvalue weighted by atomic mass is 10.0. The van der Waals surface area contributed by atoms with E-state index in [0.717, 1.165) is 57.8 Å². The SMILES string of the molecule is CCCCC/C=C\C/C=C\C/C=C\CCCCCCCCC(=O)OC(COC(=O)CCCCCCCCCCCCCCCCCCCCCCCCC/C=C\CCCCCCCCCC)COC(OCC[N+](C)(C)C)C(=O)O. The van der Waals surface area contributed by atoms with Gasteiger partial charge in [-0.2, -0.15) is 0 Å². The number of unbranched alkanes of at least 4 members (excludes halogenated alkanes) is 40. The van der Waals surface area contributed by atoms with Gasteiger partial charge in [-0.1, -0.05) is 281 Å². The maximum Gasteiger partial charge on any atom is 0.361 e. The Kier molecular flexibility index (Phi) is 59.2. The number of hydrogen-bond donors (Lipinski definition) is 1. The first-order valence-corrected chi connectivity index (χ1v) is 33.8. The molecule has 0 spiro atoms. The van der Waals surface area contributed by atoms with Crippen LogP contribution in [0.3, 0.4) is 0 Å². The van der Waals surface area contributed by atoms with Crippen molar-refractivity contribution in [1.82, 2.24) is 0 Å². The van der Waals surface area contributed by atoms with E-state index in [4.69, 9.17) is 18.9 Å². The van der Waals surface area contributed by atoms with Crippen molar-refractivity contribution in [2.45, 2.75) is 334 Å². The van der Waals surface area contributed by atoms with Gasteiger partial charge in [0, 0.05) is 12.8 Å². The van der Waals surface area contributed by atoms with E-state index in [2.05, 4.69) is 62.5 Å². The lowest BCUT2D eigenvalue weighted by Crippen LogP contribution is -2.40. The summed E-state index contributed by atoms with van der Waals surface area (Å²) in [5, 5.41) is 9.72. The smallest absolute Gasteiger partial charge is 0.361 e. The van der Waals surface area contributed by atoms with E-state index in [-0.39, 0.29) is 32.2 Å². The van der Waals surface area contributed by atoms with Crippen LogP contribution in [0.15, 0.2) is 48.6 Å². The molecule has 462 valence electrons. The molecule has 0 saturated carbocycles. The first-order chi connectivity index (χ1) is 38.6. The zero-order chi connectivity index (χ0) is 57.6. The monoisotopic (exact) mass is 1110 g/mol. The molecule has 0 aromatic carbocycles. The zero-order valence-electron chi connectivity index (χ0n) is 52.8. The fourth-order valence-electron chi connectivity index (χ4n) is 9.84. The number of ether oxygens (including phenoxy) is 4. The van der Waals surface area contributed by atoms with E-state index in [1.807, 2.05) is 21.1 Å². The number of carboxylic acids is 1. The number of carbonyl (C=O) groups is 3. The van der Waals surface area contributed by atoms with Gasteiger partial charge in [0.1, 0.15) is 13.2 Å². The number of quaternary nitrogens is 1. The third-order valence-corrected chi connectivity index (χ3v) is 15.1. The minimum Gasteiger partial charge on any atom is -0.477 e. The number of allylic oxidation sites excluding steroid dienone is 8. The van der Waals surface area contributed by atoms with Gasteiger partial charge < -0.3 is 28.5 Å². The highest BCUT2D eigenvalue weighted by molar-refractivity contribution is 5.71. The molecular formula is C70H130NO8+. The maximum atomic E-state index is 12.9. The molecule has 0 bridgehead atoms. The number of rotatable bonds is 63. The molecule has 9 nitrogen and oxygen atoms in total. The maximum absolute atomic E-state index is 12.9. The lowest BCUT2D eigenvalue weighted by molar-refractivity contribution is -0.870. The second kappa shape index (κ2) is 61.3. The zero-order valence-corrected chi connectivity index (χ0v) is 52.8. The second-order valence-corrected chi connectivity index (χ2v) is 24.1. The van der Waals surface area contributed by atoms with Gasteiger partial charge in [0.2, 0.25) is 0 Å². The minimum atomic E-state index is -1.51. The number of esters is 2. The molecule has 0 aliphatic rings. The predicted molar refractivity (Wildman–Crippen MR) is 337 cm³/mol. The molecule has 0 rings (SSSR count). The third kappa shape index (κ3) is 62.7. The van der Waals surface area contributed by atoms with E-state index in [9.17, 15) is 19.5 Å². The molecule has 1 N–H and O–H groups in total. The Morgan fingerprint density at radius 3 is 1.05 bits per heavy atom. The van der Waals surface area contributed by atoms with E-state index in [1.165, 1.54) is 231 Å². The highest BCUT2D eigenvalue weighted by atomic mass is 16.7. The molecule has 0 aliphatic heterocycles. The summed E-state index contributed by atoms with van der Waals surface area (Å²) in [4.78, 5) is 37.5. The van der Waals surface area contributed by atoms with E-state index < -0.39 is 24.3 Å². The van der Waals surface area contributed by atoms with E-state index in [0.29, 0.717) is 23.9 Å². The summed E-state index contributed by atoms with van der Waals surface area (Å²) in [6.07, 6.45) is 75.2. The molecule has 9 heteroatoms. The lowest BCUT2D eigenvalue weighted by Gasteiger charge is -2.25. The van der Waals surface area contributed by atoms with Gasteiger partial charge in [0.05, 0.1) is 34.4 Å². The summed E-state index contributed by atoms with van der Waals surface area (Å²) in [6, 6.07) is 0. The Morgan fingerprint density at radius 1 is 0.380 bits per heavy atom. The number of nitrogens with zero attached hydrogens (tertiary/aromatic N) is 1. The normalized spacial score (nSPS) is 13.0. The Labute approximate surface area is 489 Å². The van der Waals surface area contributed by atoms with Crippen molar-refractivity contribution in [3.8, 4) is 0 Å². The van der Waals surface area contributed by atoms with Crippen molar-refractivity contribution in [2.24, 2.45) is 0 Å². The molecule has 0 amide bonds. The predicted octanol–water partition coefficient (Wildman–Crippen LogP) is 20.6. The van der Waals surface area contributed by atoms with Crippen LogP contribution in [0.25, 0.3) is 0 Å². The molecule has 0 aromatic rings. The van der Waals surface area contributed by atoms with Crippen molar-refractivity contribution in [3.63, 3.8) is 0 Å². The number of hydrogen-bond acceptors (Lipinski definition) is 7. The second-order valence-electron chi connectivity index (χ2n) is 24.1. The summed E-state index contributed by atoms with van der Waals surface area (Å²) < 4.78 is 22.9. The fourth-order valence-corrected chi connectivity index (χ4v) is 9.84. The summed E-state index contributed by atoms with van der Waals surface area (Å²) in [5.41, 5.74) is 0. The van der Waals surface area contributed by atoms with E-state index >= 15 is 0 Å². The Hall–Kier alpha value is -2.75. The van der Waals surface area contributed by atoms with Gasteiger partial charge in [-0.3, -0.25) is 9.59 Å².